The molecule has 0 unspecified atom stereocenters. The van der Waals surface area contributed by atoms with Crippen LogP contribution in [0.4, 0.5) is 4.39 Å². The maximum atomic E-state index is 13.6. The average molecular weight is 503 g/mol. The van der Waals surface area contributed by atoms with Crippen molar-refractivity contribution < 1.29 is 27.1 Å². The summed E-state index contributed by atoms with van der Waals surface area (Å²) >= 11 is 0. The second-order valence-corrected chi connectivity index (χ2v) is 10.2. The molecule has 2 amide bonds. The molecule has 4 rings (SSSR count). The van der Waals surface area contributed by atoms with Gasteiger partial charge in [0, 0.05) is 30.2 Å². The number of amides is 2. The molecule has 0 bridgehead atoms. The topological polar surface area (TPSA) is 121 Å². The van der Waals surface area contributed by atoms with E-state index in [1.807, 2.05) is 30.5 Å². The maximum Gasteiger partial charge on any atom is 0.309 e. The van der Waals surface area contributed by atoms with E-state index in [0.717, 1.165) is 26.8 Å². The Morgan fingerprint density at radius 2 is 1.94 bits per heavy atom. The molecule has 11 heteroatoms. The summed E-state index contributed by atoms with van der Waals surface area (Å²) in [5, 5.41) is 6.08. The van der Waals surface area contributed by atoms with E-state index in [2.05, 4.69) is 15.6 Å². The first-order valence-corrected chi connectivity index (χ1v) is 12.7. The number of sulfonamides is 1. The summed E-state index contributed by atoms with van der Waals surface area (Å²) < 4.78 is 46.5. The van der Waals surface area contributed by atoms with Crippen molar-refractivity contribution >= 4 is 32.7 Å². The number of ether oxygens (including phenoxy) is 1. The van der Waals surface area contributed by atoms with Crippen molar-refractivity contribution in [2.75, 3.05) is 26.2 Å². The number of aromatic nitrogens is 1. The average Bonchev–Trinajstić information content (AvgIpc) is 3.27. The van der Waals surface area contributed by atoms with Gasteiger partial charge in [0.1, 0.15) is 12.0 Å². The zero-order valence-electron chi connectivity index (χ0n) is 19.2. The predicted octanol–water partition coefficient (Wildman–Crippen LogP) is 1.83. The first kappa shape index (κ1) is 24.8. The molecule has 0 spiro atoms. The number of hydrogen-bond donors (Lipinski definition) is 3. The molecular formula is C24H27FN4O5S. The Morgan fingerprint density at radius 1 is 1.17 bits per heavy atom. The van der Waals surface area contributed by atoms with E-state index in [1.165, 1.54) is 19.1 Å². The minimum absolute atomic E-state index is 0.0618. The molecule has 9 nitrogen and oxygen atoms in total. The molecule has 1 fully saturated rings. The van der Waals surface area contributed by atoms with Gasteiger partial charge in [0.15, 0.2) is 0 Å². The van der Waals surface area contributed by atoms with Crippen molar-refractivity contribution in [2.45, 2.75) is 30.9 Å². The third-order valence-corrected chi connectivity index (χ3v) is 7.77. The summed E-state index contributed by atoms with van der Waals surface area (Å²) in [6, 6.07) is 11.4. The van der Waals surface area contributed by atoms with E-state index in [-0.39, 0.29) is 30.1 Å². The highest BCUT2D eigenvalue weighted by atomic mass is 32.2. The van der Waals surface area contributed by atoms with Crippen molar-refractivity contribution in [3.05, 3.63) is 65.6 Å². The van der Waals surface area contributed by atoms with Gasteiger partial charge in [-0.05, 0) is 55.2 Å². The maximum absolute atomic E-state index is 13.6. The van der Waals surface area contributed by atoms with Crippen molar-refractivity contribution in [1.29, 1.82) is 0 Å². The Hall–Kier alpha value is -3.28. The van der Waals surface area contributed by atoms with Crippen molar-refractivity contribution in [2.24, 2.45) is 0 Å². The number of nitrogens with one attached hydrogen (secondary N) is 3. The van der Waals surface area contributed by atoms with E-state index in [1.54, 1.807) is 0 Å². The van der Waals surface area contributed by atoms with Gasteiger partial charge in [-0.25, -0.2) is 12.8 Å². The van der Waals surface area contributed by atoms with Crippen LogP contribution in [-0.4, -0.2) is 62.0 Å². The Morgan fingerprint density at radius 3 is 2.74 bits per heavy atom. The molecule has 35 heavy (non-hydrogen) atoms. The zero-order valence-corrected chi connectivity index (χ0v) is 20.0. The first-order valence-electron chi connectivity index (χ1n) is 11.3. The molecular weight excluding hydrogens is 475 g/mol. The highest BCUT2D eigenvalue weighted by Gasteiger charge is 2.35. The van der Waals surface area contributed by atoms with Gasteiger partial charge < -0.3 is 20.4 Å². The fourth-order valence-electron chi connectivity index (χ4n) is 4.01. The van der Waals surface area contributed by atoms with Crippen molar-refractivity contribution in [1.82, 2.24) is 19.9 Å². The molecule has 1 aliphatic rings. The third-order valence-electron chi connectivity index (χ3n) is 5.89. The van der Waals surface area contributed by atoms with Gasteiger partial charge in [0.05, 0.1) is 18.0 Å². The number of aromatic amines is 1. The fraction of sp³-hybridized carbons (Fsp3) is 0.333. The standard InChI is InChI=1S/C24H27FN4O5S/c1-16-13-18(7-8-20(16)25)35(32,33)29-11-4-12-34-22(29)15-28-24(31)23(30)26-10-9-17-14-27-21-6-3-2-5-19(17)21/h2-3,5-8,13-14,22,27H,4,9-12,15H2,1H3,(H,26,30)(H,28,31)/t22-/m0/s1. The van der Waals surface area contributed by atoms with Crippen molar-refractivity contribution in [3.63, 3.8) is 0 Å². The van der Waals surface area contributed by atoms with Crippen LogP contribution in [0.5, 0.6) is 0 Å². The SMILES string of the molecule is Cc1cc(S(=O)(=O)N2CCCO[C@H]2CNC(=O)C(=O)NCCc2c[nH]c3ccccc23)ccc1F. The molecule has 2 aromatic carbocycles. The molecule has 1 saturated heterocycles. The molecule has 0 aliphatic carbocycles. The minimum Gasteiger partial charge on any atom is -0.361 e. The van der Waals surface area contributed by atoms with Gasteiger partial charge in [-0.15, -0.1) is 0 Å². The number of nitrogens with zero attached hydrogens (tertiary/aromatic N) is 1. The van der Waals surface area contributed by atoms with Gasteiger partial charge in [0.25, 0.3) is 0 Å². The van der Waals surface area contributed by atoms with Gasteiger partial charge in [0.2, 0.25) is 10.0 Å². The fourth-order valence-corrected chi connectivity index (χ4v) is 5.66. The lowest BCUT2D eigenvalue weighted by Crippen LogP contribution is -2.53. The second-order valence-electron chi connectivity index (χ2n) is 8.28. The summed E-state index contributed by atoms with van der Waals surface area (Å²) in [5.41, 5.74) is 2.22. The highest BCUT2D eigenvalue weighted by Crippen LogP contribution is 2.23. The monoisotopic (exact) mass is 502 g/mol. The lowest BCUT2D eigenvalue weighted by atomic mass is 10.1. The van der Waals surface area contributed by atoms with E-state index < -0.39 is 33.9 Å². The zero-order chi connectivity index (χ0) is 25.0. The lowest BCUT2D eigenvalue weighted by Gasteiger charge is -2.34. The van der Waals surface area contributed by atoms with Crippen LogP contribution in [0.15, 0.2) is 53.6 Å². The summed E-state index contributed by atoms with van der Waals surface area (Å²) in [4.78, 5) is 27.6. The molecule has 3 aromatic rings. The van der Waals surface area contributed by atoms with Crippen LogP contribution in [0.2, 0.25) is 0 Å². The van der Waals surface area contributed by atoms with Gasteiger partial charge in [-0.2, -0.15) is 4.31 Å². The van der Waals surface area contributed by atoms with Gasteiger partial charge in [-0.3, -0.25) is 9.59 Å². The number of hydrogen-bond acceptors (Lipinski definition) is 5. The van der Waals surface area contributed by atoms with E-state index >= 15 is 0 Å². The van der Waals surface area contributed by atoms with Crippen LogP contribution >= 0.6 is 0 Å². The Labute approximate surface area is 202 Å². The van der Waals surface area contributed by atoms with Crippen LogP contribution in [0.3, 0.4) is 0 Å². The Bertz CT molecular complexity index is 1340. The number of benzene rings is 2. The molecule has 0 radical (unpaired) electrons. The molecule has 0 saturated carbocycles. The lowest BCUT2D eigenvalue weighted by molar-refractivity contribution is -0.140. The normalized spacial score (nSPS) is 16.8. The molecule has 1 aromatic heterocycles. The number of para-hydroxylation sites is 1. The van der Waals surface area contributed by atoms with Crippen LogP contribution in [0.25, 0.3) is 10.9 Å². The smallest absolute Gasteiger partial charge is 0.309 e. The minimum atomic E-state index is -3.99. The van der Waals surface area contributed by atoms with E-state index in [9.17, 15) is 22.4 Å². The second kappa shape index (κ2) is 10.5. The number of fused-ring (bicyclic) bond motifs is 1. The van der Waals surface area contributed by atoms with Crippen molar-refractivity contribution in [3.8, 4) is 0 Å². The number of H-pyrrole nitrogens is 1. The first-order chi connectivity index (χ1) is 16.8. The number of carbonyl (C=O) groups excluding carboxylic acids is 2. The summed E-state index contributed by atoms with van der Waals surface area (Å²) in [5.74, 6) is -2.20. The van der Waals surface area contributed by atoms with Crippen LogP contribution in [0.1, 0.15) is 17.5 Å². The molecule has 3 N–H and O–H groups in total. The largest absolute Gasteiger partial charge is 0.361 e. The van der Waals surface area contributed by atoms with Crippen LogP contribution < -0.4 is 10.6 Å². The number of rotatable bonds is 7. The number of halogens is 1. The molecule has 1 atom stereocenters. The molecule has 1 aliphatic heterocycles. The summed E-state index contributed by atoms with van der Waals surface area (Å²) in [6.07, 6.45) is 1.90. The summed E-state index contributed by atoms with van der Waals surface area (Å²) in [7, 11) is -3.99. The van der Waals surface area contributed by atoms with E-state index in [4.69, 9.17) is 4.74 Å². The predicted molar refractivity (Wildman–Crippen MR) is 127 cm³/mol. The van der Waals surface area contributed by atoms with Gasteiger partial charge in [-0.1, -0.05) is 18.2 Å². The molecule has 2 heterocycles. The number of carbonyl (C=O) groups is 2. The Balaban J connectivity index is 1.32. The number of aryl methyl sites for hydroxylation is 1. The van der Waals surface area contributed by atoms with Crippen LogP contribution in [0, 0.1) is 12.7 Å². The summed E-state index contributed by atoms with van der Waals surface area (Å²) in [6.45, 7) is 2.03. The highest BCUT2D eigenvalue weighted by molar-refractivity contribution is 7.89. The van der Waals surface area contributed by atoms with Gasteiger partial charge >= 0.3 is 11.8 Å². The third kappa shape index (κ3) is 5.53. The van der Waals surface area contributed by atoms with Crippen LogP contribution in [-0.2, 0) is 30.8 Å². The quantitative estimate of drug-likeness (QED) is 0.426. The van der Waals surface area contributed by atoms with E-state index in [0.29, 0.717) is 19.4 Å². The Kier molecular flexibility index (Phi) is 7.48. The molecule has 186 valence electrons.